The lowest BCUT2D eigenvalue weighted by atomic mass is 10.0. The molecule has 0 fully saturated rings. The summed E-state index contributed by atoms with van der Waals surface area (Å²) in [4.78, 5) is 14.2. The lowest BCUT2D eigenvalue weighted by molar-refractivity contribution is -0.117. The summed E-state index contributed by atoms with van der Waals surface area (Å²) in [5.41, 5.74) is 3.51. The first-order chi connectivity index (χ1) is 8.50. The molecule has 0 unspecified atom stereocenters. The summed E-state index contributed by atoms with van der Waals surface area (Å²) >= 11 is 0. The van der Waals surface area contributed by atoms with Gasteiger partial charge in [0, 0.05) is 23.0 Å². The molecular weight excluding hydrogens is 229 g/mol. The van der Waals surface area contributed by atoms with Gasteiger partial charge >= 0.3 is 0 Å². The third kappa shape index (κ3) is 2.30. The van der Waals surface area contributed by atoms with Crippen LogP contribution in [0.15, 0.2) is 12.1 Å². The number of carbonyl (C=O) groups is 1. The molecule has 2 rings (SSSR count). The van der Waals surface area contributed by atoms with Gasteiger partial charge in [-0.1, -0.05) is 6.07 Å². The van der Waals surface area contributed by atoms with E-state index in [0.29, 0.717) is 17.4 Å². The highest BCUT2D eigenvalue weighted by atomic mass is 19.1. The molecule has 0 saturated heterocycles. The van der Waals surface area contributed by atoms with E-state index in [1.54, 1.807) is 19.9 Å². The second-order valence-corrected chi connectivity index (χ2v) is 4.90. The third-order valence-electron chi connectivity index (χ3n) is 3.37. The first kappa shape index (κ1) is 12.8. The lowest BCUT2D eigenvalue weighted by Gasteiger charge is -2.03. The number of H-pyrrole nitrogens is 1. The zero-order valence-corrected chi connectivity index (χ0v) is 11.1. The number of aromatic amines is 1. The summed E-state index contributed by atoms with van der Waals surface area (Å²) in [6.45, 7) is 5.32. The number of fused-ring (bicyclic) bond motifs is 1. The molecular formula is C15H18FNO. The van der Waals surface area contributed by atoms with Crippen molar-refractivity contribution in [3.63, 3.8) is 0 Å². The van der Waals surface area contributed by atoms with Crippen LogP contribution in [0.3, 0.4) is 0 Å². The SMILES string of the molecule is CC(=O)CCCc1c(C)[nH]c2ccc(C)c(F)c12. The van der Waals surface area contributed by atoms with Gasteiger partial charge in [0.1, 0.15) is 11.6 Å². The van der Waals surface area contributed by atoms with Crippen LogP contribution in [0.4, 0.5) is 4.39 Å². The Morgan fingerprint density at radius 2 is 2.06 bits per heavy atom. The molecule has 2 aromatic rings. The quantitative estimate of drug-likeness (QED) is 0.875. The number of nitrogens with one attached hydrogen (secondary N) is 1. The highest BCUT2D eigenvalue weighted by Crippen LogP contribution is 2.28. The fraction of sp³-hybridized carbons (Fsp3) is 0.400. The summed E-state index contributed by atoms with van der Waals surface area (Å²) in [6.07, 6.45) is 2.07. The Kier molecular flexibility index (Phi) is 3.50. The van der Waals surface area contributed by atoms with Crippen LogP contribution in [-0.2, 0) is 11.2 Å². The predicted molar refractivity (Wildman–Crippen MR) is 71.3 cm³/mol. The highest BCUT2D eigenvalue weighted by Gasteiger charge is 2.14. The molecule has 0 aliphatic rings. The maximum atomic E-state index is 14.2. The van der Waals surface area contributed by atoms with Gasteiger partial charge in [-0.25, -0.2) is 4.39 Å². The molecule has 1 aromatic heterocycles. The molecule has 1 aromatic carbocycles. The smallest absolute Gasteiger partial charge is 0.135 e. The maximum absolute atomic E-state index is 14.2. The minimum absolute atomic E-state index is 0.144. The minimum Gasteiger partial charge on any atom is -0.358 e. The number of hydrogen-bond donors (Lipinski definition) is 1. The Morgan fingerprint density at radius 3 is 2.72 bits per heavy atom. The topological polar surface area (TPSA) is 32.9 Å². The molecule has 3 heteroatoms. The van der Waals surface area contributed by atoms with E-state index in [0.717, 1.165) is 29.6 Å². The average Bonchev–Trinajstić information content (AvgIpc) is 2.61. The van der Waals surface area contributed by atoms with Crippen molar-refractivity contribution < 1.29 is 9.18 Å². The number of aromatic nitrogens is 1. The minimum atomic E-state index is -0.144. The Hall–Kier alpha value is -1.64. The van der Waals surface area contributed by atoms with E-state index in [9.17, 15) is 9.18 Å². The van der Waals surface area contributed by atoms with Gasteiger partial charge in [-0.3, -0.25) is 0 Å². The Bertz CT molecular complexity index is 598. The molecule has 0 aliphatic heterocycles. The van der Waals surface area contributed by atoms with E-state index in [2.05, 4.69) is 4.98 Å². The summed E-state index contributed by atoms with van der Waals surface area (Å²) in [5.74, 6) is 0.0406. The fourth-order valence-corrected chi connectivity index (χ4v) is 2.37. The molecule has 0 atom stereocenters. The molecule has 96 valence electrons. The number of aryl methyl sites for hydroxylation is 3. The average molecular weight is 247 g/mol. The first-order valence-electron chi connectivity index (χ1n) is 6.26. The molecule has 2 nitrogen and oxygen atoms in total. The number of halogens is 1. The Labute approximate surface area is 106 Å². The molecule has 0 radical (unpaired) electrons. The van der Waals surface area contributed by atoms with E-state index in [1.165, 1.54) is 0 Å². The van der Waals surface area contributed by atoms with Crippen LogP contribution < -0.4 is 0 Å². The molecule has 0 bridgehead atoms. The molecule has 0 saturated carbocycles. The number of Topliss-reactive ketones (excluding diaryl/α,β-unsaturated/α-hetero) is 1. The van der Waals surface area contributed by atoms with Crippen molar-refractivity contribution in [2.45, 2.75) is 40.0 Å². The molecule has 0 amide bonds. The van der Waals surface area contributed by atoms with Crippen molar-refractivity contribution in [3.05, 3.63) is 34.8 Å². The zero-order valence-electron chi connectivity index (χ0n) is 11.1. The molecule has 0 aliphatic carbocycles. The number of rotatable bonds is 4. The maximum Gasteiger partial charge on any atom is 0.135 e. The zero-order chi connectivity index (χ0) is 13.3. The summed E-state index contributed by atoms with van der Waals surface area (Å²) in [5, 5.41) is 0.691. The molecule has 18 heavy (non-hydrogen) atoms. The van der Waals surface area contributed by atoms with Crippen molar-refractivity contribution in [1.82, 2.24) is 4.98 Å². The second-order valence-electron chi connectivity index (χ2n) is 4.90. The second kappa shape index (κ2) is 4.92. The van der Waals surface area contributed by atoms with Crippen LogP contribution >= 0.6 is 0 Å². The van der Waals surface area contributed by atoms with Gasteiger partial charge in [-0.15, -0.1) is 0 Å². The van der Waals surface area contributed by atoms with Crippen molar-refractivity contribution in [1.29, 1.82) is 0 Å². The normalized spacial score (nSPS) is 11.1. The van der Waals surface area contributed by atoms with E-state index < -0.39 is 0 Å². The Morgan fingerprint density at radius 1 is 1.33 bits per heavy atom. The molecule has 0 spiro atoms. The largest absolute Gasteiger partial charge is 0.358 e. The Balaban J connectivity index is 2.39. The van der Waals surface area contributed by atoms with Gasteiger partial charge in [0.15, 0.2) is 0 Å². The van der Waals surface area contributed by atoms with Crippen LogP contribution in [0, 0.1) is 19.7 Å². The van der Waals surface area contributed by atoms with Crippen LogP contribution in [0.25, 0.3) is 10.9 Å². The van der Waals surface area contributed by atoms with Crippen molar-refractivity contribution in [2.75, 3.05) is 0 Å². The van der Waals surface area contributed by atoms with Crippen molar-refractivity contribution >= 4 is 16.7 Å². The fourth-order valence-electron chi connectivity index (χ4n) is 2.37. The van der Waals surface area contributed by atoms with E-state index in [1.807, 2.05) is 13.0 Å². The van der Waals surface area contributed by atoms with Gasteiger partial charge in [0.05, 0.1) is 0 Å². The van der Waals surface area contributed by atoms with Crippen molar-refractivity contribution in [3.8, 4) is 0 Å². The van der Waals surface area contributed by atoms with Gasteiger partial charge in [-0.05, 0) is 50.8 Å². The standard InChI is InChI=1S/C15H18FNO/c1-9-7-8-13-14(15(9)16)12(11(3)17-13)6-4-5-10(2)18/h7-8,17H,4-6H2,1-3H3. The van der Waals surface area contributed by atoms with Gasteiger partial charge < -0.3 is 9.78 Å². The van der Waals surface area contributed by atoms with E-state index in [-0.39, 0.29) is 11.6 Å². The molecule has 1 N–H and O–H groups in total. The van der Waals surface area contributed by atoms with Crippen LogP contribution in [0.5, 0.6) is 0 Å². The number of carbonyl (C=O) groups excluding carboxylic acids is 1. The van der Waals surface area contributed by atoms with E-state index >= 15 is 0 Å². The van der Waals surface area contributed by atoms with Gasteiger partial charge in [-0.2, -0.15) is 0 Å². The highest BCUT2D eigenvalue weighted by molar-refractivity contribution is 5.86. The van der Waals surface area contributed by atoms with E-state index in [4.69, 9.17) is 0 Å². The van der Waals surface area contributed by atoms with Crippen LogP contribution in [0.1, 0.15) is 36.6 Å². The summed E-state index contributed by atoms with van der Waals surface area (Å²) in [6, 6.07) is 3.70. The van der Waals surface area contributed by atoms with Gasteiger partial charge in [0.2, 0.25) is 0 Å². The predicted octanol–water partition coefficient (Wildman–Crippen LogP) is 3.84. The van der Waals surface area contributed by atoms with Crippen LogP contribution in [-0.4, -0.2) is 10.8 Å². The molecule has 1 heterocycles. The number of ketones is 1. The number of hydrogen-bond acceptors (Lipinski definition) is 1. The first-order valence-corrected chi connectivity index (χ1v) is 6.26. The lowest BCUT2D eigenvalue weighted by Crippen LogP contribution is -1.94. The summed E-state index contributed by atoms with van der Waals surface area (Å²) < 4.78 is 14.2. The van der Waals surface area contributed by atoms with Crippen molar-refractivity contribution in [2.24, 2.45) is 0 Å². The van der Waals surface area contributed by atoms with Crippen LogP contribution in [0.2, 0.25) is 0 Å². The third-order valence-corrected chi connectivity index (χ3v) is 3.37. The number of benzene rings is 1. The monoisotopic (exact) mass is 247 g/mol. The van der Waals surface area contributed by atoms with Gasteiger partial charge in [0.25, 0.3) is 0 Å². The summed E-state index contributed by atoms with van der Waals surface area (Å²) in [7, 11) is 0.